The summed E-state index contributed by atoms with van der Waals surface area (Å²) in [5, 5.41) is 13.8. The average Bonchev–Trinajstić information content (AvgIpc) is 3.28. The number of carbonyl (C=O) groups is 1. The summed E-state index contributed by atoms with van der Waals surface area (Å²) in [5.41, 5.74) is 0. The van der Waals surface area contributed by atoms with Crippen molar-refractivity contribution in [2.75, 3.05) is 40.9 Å². The Balaban J connectivity index is 4.26. The molecule has 0 heterocycles. The number of unbranched alkanes of at least 4 members (excludes halogenated alkanes) is 29. The van der Waals surface area contributed by atoms with Crippen molar-refractivity contribution in [3.8, 4) is 0 Å². The number of hydrogen-bond donors (Lipinski definition) is 2. The Morgan fingerprint density at radius 1 is 0.545 bits per heavy atom. The van der Waals surface area contributed by atoms with Crippen LogP contribution < -0.4 is 10.2 Å². The lowest BCUT2D eigenvalue weighted by Gasteiger charge is -2.29. The van der Waals surface area contributed by atoms with Crippen molar-refractivity contribution in [1.29, 1.82) is 0 Å². The van der Waals surface area contributed by atoms with E-state index in [1.165, 1.54) is 154 Å². The van der Waals surface area contributed by atoms with E-state index in [-0.39, 0.29) is 12.5 Å². The van der Waals surface area contributed by atoms with Gasteiger partial charge in [-0.15, -0.1) is 0 Å². The highest BCUT2D eigenvalue weighted by molar-refractivity contribution is 7.45. The molecule has 0 bridgehead atoms. The second kappa shape index (κ2) is 48.2. The first-order chi connectivity index (χ1) is 32.0. The fraction of sp³-hybridized carbons (Fsp3) is 0.807. The van der Waals surface area contributed by atoms with Crippen LogP contribution in [0.1, 0.15) is 245 Å². The molecular weight excluding hydrogens is 840 g/mol. The number of phosphoric acid groups is 1. The van der Waals surface area contributed by atoms with Crippen LogP contribution in [-0.2, 0) is 18.4 Å². The van der Waals surface area contributed by atoms with E-state index in [0.717, 1.165) is 70.6 Å². The molecule has 0 aliphatic heterocycles. The number of carbonyl (C=O) groups excluding carboxylic acids is 1. The molecular formula is C57H107N2O6P. The van der Waals surface area contributed by atoms with Gasteiger partial charge in [0.2, 0.25) is 5.91 Å². The topological polar surface area (TPSA) is 108 Å². The Morgan fingerprint density at radius 3 is 1.41 bits per heavy atom. The maximum atomic E-state index is 12.9. The zero-order chi connectivity index (χ0) is 48.5. The first-order valence-corrected chi connectivity index (χ1v) is 29.1. The molecule has 3 unspecified atom stereocenters. The largest absolute Gasteiger partial charge is 0.756 e. The molecule has 0 radical (unpaired) electrons. The van der Waals surface area contributed by atoms with Gasteiger partial charge in [-0.25, -0.2) is 0 Å². The Morgan fingerprint density at radius 2 is 0.939 bits per heavy atom. The number of quaternary nitrogens is 1. The van der Waals surface area contributed by atoms with Gasteiger partial charge in [-0.1, -0.05) is 235 Å². The van der Waals surface area contributed by atoms with E-state index in [0.29, 0.717) is 17.4 Å². The van der Waals surface area contributed by atoms with Gasteiger partial charge >= 0.3 is 0 Å². The summed E-state index contributed by atoms with van der Waals surface area (Å²) in [7, 11) is 1.23. The number of nitrogens with one attached hydrogen (secondary N) is 1. The average molecular weight is 947 g/mol. The number of likely N-dealkylation sites (N-methyl/N-ethyl adjacent to an activating group) is 1. The van der Waals surface area contributed by atoms with Crippen LogP contribution in [0.4, 0.5) is 0 Å². The molecule has 0 spiro atoms. The molecule has 0 saturated heterocycles. The van der Waals surface area contributed by atoms with Gasteiger partial charge in [0.15, 0.2) is 0 Å². The van der Waals surface area contributed by atoms with E-state index >= 15 is 0 Å². The second-order valence-electron chi connectivity index (χ2n) is 19.9. The molecule has 386 valence electrons. The molecule has 8 nitrogen and oxygen atoms in total. The predicted octanol–water partition coefficient (Wildman–Crippen LogP) is 15.9. The highest BCUT2D eigenvalue weighted by atomic mass is 31.2. The molecule has 0 aliphatic carbocycles. The number of hydrogen-bond acceptors (Lipinski definition) is 6. The minimum Gasteiger partial charge on any atom is -0.756 e. The van der Waals surface area contributed by atoms with Crippen molar-refractivity contribution in [3.63, 3.8) is 0 Å². The van der Waals surface area contributed by atoms with Crippen molar-refractivity contribution in [3.05, 3.63) is 60.8 Å². The van der Waals surface area contributed by atoms with Gasteiger partial charge < -0.3 is 28.8 Å². The summed E-state index contributed by atoms with van der Waals surface area (Å²) in [6.45, 7) is 4.52. The van der Waals surface area contributed by atoms with E-state index in [1.807, 2.05) is 27.2 Å². The minimum atomic E-state index is -4.61. The highest BCUT2D eigenvalue weighted by Gasteiger charge is 2.23. The third-order valence-corrected chi connectivity index (χ3v) is 13.2. The molecule has 0 aliphatic rings. The van der Waals surface area contributed by atoms with Crippen LogP contribution in [0.25, 0.3) is 0 Å². The number of aliphatic hydroxyl groups is 1. The van der Waals surface area contributed by atoms with Gasteiger partial charge in [0.1, 0.15) is 13.2 Å². The Labute approximate surface area is 409 Å². The molecule has 0 rings (SSSR count). The summed E-state index contributed by atoms with van der Waals surface area (Å²) in [4.78, 5) is 25.4. The Hall–Kier alpha value is -1.80. The van der Waals surface area contributed by atoms with Gasteiger partial charge in [0.25, 0.3) is 7.82 Å². The molecule has 66 heavy (non-hydrogen) atoms. The monoisotopic (exact) mass is 947 g/mol. The Bertz CT molecular complexity index is 1260. The molecule has 0 aromatic rings. The first-order valence-electron chi connectivity index (χ1n) is 27.7. The van der Waals surface area contributed by atoms with Gasteiger partial charge in [0.05, 0.1) is 39.9 Å². The van der Waals surface area contributed by atoms with Crippen LogP contribution >= 0.6 is 7.82 Å². The van der Waals surface area contributed by atoms with Crippen LogP contribution in [0.15, 0.2) is 60.8 Å². The number of amides is 1. The summed E-state index contributed by atoms with van der Waals surface area (Å²) in [5.74, 6) is -0.218. The van der Waals surface area contributed by atoms with Gasteiger partial charge in [-0.3, -0.25) is 9.36 Å². The lowest BCUT2D eigenvalue weighted by Crippen LogP contribution is -2.45. The number of nitrogens with zero attached hydrogens (tertiary/aromatic N) is 1. The minimum absolute atomic E-state index is 0.0105. The second-order valence-corrected chi connectivity index (χ2v) is 21.3. The number of allylic oxidation sites excluding steroid dienone is 9. The zero-order valence-electron chi connectivity index (χ0n) is 43.9. The standard InChI is InChI=1S/C57H107N2O6P/c1-6-8-10-12-14-16-18-20-22-24-25-26-27-28-29-30-31-32-33-35-36-38-40-42-44-46-48-50-56(60)55(54-65-66(62,63)64-53-52-59(3,4)5)58-57(61)51-49-47-45-43-41-39-37-34-23-21-19-17-15-13-11-9-7-2/h9,11,15,17,21,23,40,42,48,50,55-56,60H,6-8,10,12-14,16,18-20,22,24-39,41,43-47,49,51-54H2,1-5H3,(H-,58,61,62,63)/b11-9-,17-15-,23-21-,42-40+,50-48+. The Kier molecular flexibility index (Phi) is 46.9. The normalized spacial score (nSPS) is 14.5. The fourth-order valence-electron chi connectivity index (χ4n) is 7.89. The molecule has 0 aromatic heterocycles. The summed E-state index contributed by atoms with van der Waals surface area (Å²) >= 11 is 0. The van der Waals surface area contributed by atoms with Crippen molar-refractivity contribution < 1.29 is 32.9 Å². The van der Waals surface area contributed by atoms with Crippen LogP contribution in [0.3, 0.4) is 0 Å². The maximum Gasteiger partial charge on any atom is 0.268 e. The lowest BCUT2D eigenvalue weighted by molar-refractivity contribution is -0.870. The highest BCUT2D eigenvalue weighted by Crippen LogP contribution is 2.38. The molecule has 0 aromatic carbocycles. The SMILES string of the molecule is CC/C=C\C/C=C\C/C=C\CCCCCCCCCC(=O)NC(COP(=O)([O-])OCC[N+](C)(C)C)C(O)/C=C/CC/C=C/CCCCCCCCCCCCCCCCCCCCCCC. The number of phosphoric ester groups is 1. The van der Waals surface area contributed by atoms with Crippen molar-refractivity contribution in [2.45, 2.75) is 257 Å². The summed E-state index contributed by atoms with van der Waals surface area (Å²) in [6, 6.07) is -0.911. The molecule has 0 fully saturated rings. The van der Waals surface area contributed by atoms with Crippen LogP contribution in [0, 0.1) is 0 Å². The van der Waals surface area contributed by atoms with Crippen molar-refractivity contribution in [1.82, 2.24) is 5.32 Å². The third kappa shape index (κ3) is 50.1. The van der Waals surface area contributed by atoms with Gasteiger partial charge in [-0.05, 0) is 64.2 Å². The molecule has 3 atom stereocenters. The summed E-state index contributed by atoms with van der Waals surface area (Å²) in [6.07, 6.45) is 64.5. The van der Waals surface area contributed by atoms with E-state index < -0.39 is 26.6 Å². The van der Waals surface area contributed by atoms with Gasteiger partial charge in [-0.2, -0.15) is 0 Å². The van der Waals surface area contributed by atoms with E-state index in [9.17, 15) is 19.4 Å². The zero-order valence-corrected chi connectivity index (χ0v) is 44.8. The quantitative estimate of drug-likeness (QED) is 0.0272. The third-order valence-electron chi connectivity index (χ3n) is 12.2. The van der Waals surface area contributed by atoms with E-state index in [2.05, 4.69) is 67.8 Å². The fourth-order valence-corrected chi connectivity index (χ4v) is 8.61. The van der Waals surface area contributed by atoms with E-state index in [4.69, 9.17) is 9.05 Å². The maximum absolute atomic E-state index is 12.9. The molecule has 9 heteroatoms. The van der Waals surface area contributed by atoms with Crippen LogP contribution in [0.2, 0.25) is 0 Å². The predicted molar refractivity (Wildman–Crippen MR) is 284 cm³/mol. The van der Waals surface area contributed by atoms with Gasteiger partial charge in [0, 0.05) is 6.42 Å². The molecule has 0 saturated carbocycles. The molecule has 1 amide bonds. The summed E-state index contributed by atoms with van der Waals surface area (Å²) < 4.78 is 23.3. The lowest BCUT2D eigenvalue weighted by atomic mass is 10.0. The smallest absolute Gasteiger partial charge is 0.268 e. The van der Waals surface area contributed by atoms with Crippen molar-refractivity contribution >= 4 is 13.7 Å². The first kappa shape index (κ1) is 64.2. The number of rotatable bonds is 50. The number of aliphatic hydroxyl groups excluding tert-OH is 1. The van der Waals surface area contributed by atoms with E-state index in [1.54, 1.807) is 6.08 Å². The van der Waals surface area contributed by atoms with Crippen LogP contribution in [0.5, 0.6) is 0 Å². The van der Waals surface area contributed by atoms with Crippen molar-refractivity contribution in [2.24, 2.45) is 0 Å². The van der Waals surface area contributed by atoms with Crippen LogP contribution in [-0.4, -0.2) is 68.5 Å². The molecule has 2 N–H and O–H groups in total.